The van der Waals surface area contributed by atoms with Gasteiger partial charge in [-0.15, -0.1) is 22.7 Å². The first-order valence-electron chi connectivity index (χ1n) is 9.53. The summed E-state index contributed by atoms with van der Waals surface area (Å²) in [6.07, 6.45) is 3.84. The minimum atomic E-state index is -0.492. The number of aromatic nitrogens is 1. The molecule has 8 heteroatoms. The van der Waals surface area contributed by atoms with Crippen LogP contribution in [-0.4, -0.2) is 35.0 Å². The predicted octanol–water partition coefficient (Wildman–Crippen LogP) is 3.59. The number of carbonyl (C=O) groups excluding carboxylic acids is 1. The molecular formula is C20H22N4O2S2. The molecule has 5 rings (SSSR count). The van der Waals surface area contributed by atoms with Crippen molar-refractivity contribution < 1.29 is 9.53 Å². The van der Waals surface area contributed by atoms with E-state index in [2.05, 4.69) is 16.3 Å². The van der Waals surface area contributed by atoms with Crippen LogP contribution in [0, 0.1) is 0 Å². The number of hydrogen-bond acceptors (Lipinski definition) is 7. The van der Waals surface area contributed by atoms with E-state index in [1.807, 2.05) is 6.07 Å². The highest BCUT2D eigenvalue weighted by molar-refractivity contribution is 7.21. The average Bonchev–Trinajstić information content (AvgIpc) is 3.40. The van der Waals surface area contributed by atoms with Crippen LogP contribution in [0.25, 0.3) is 20.7 Å². The van der Waals surface area contributed by atoms with Gasteiger partial charge in [0.05, 0.1) is 17.5 Å². The highest BCUT2D eigenvalue weighted by Crippen LogP contribution is 2.45. The molecule has 4 N–H and O–H groups in total. The second-order valence-electron chi connectivity index (χ2n) is 7.44. The number of nitrogens with two attached hydrogens (primary N) is 2. The normalized spacial score (nSPS) is 19.9. The number of pyridine rings is 1. The van der Waals surface area contributed by atoms with Crippen molar-refractivity contribution in [2.45, 2.75) is 38.5 Å². The van der Waals surface area contributed by atoms with Gasteiger partial charge in [-0.2, -0.15) is 0 Å². The van der Waals surface area contributed by atoms with Crippen LogP contribution < -0.4 is 11.5 Å². The van der Waals surface area contributed by atoms with Gasteiger partial charge in [0.1, 0.15) is 9.71 Å². The summed E-state index contributed by atoms with van der Waals surface area (Å²) in [5.41, 5.74) is 15.8. The van der Waals surface area contributed by atoms with Gasteiger partial charge in [0.15, 0.2) is 0 Å². The fourth-order valence-electron chi connectivity index (χ4n) is 4.27. The summed E-state index contributed by atoms with van der Waals surface area (Å²) >= 11 is 2.98. The first kappa shape index (κ1) is 18.1. The zero-order valence-corrected chi connectivity index (χ0v) is 17.1. The molecule has 1 fully saturated rings. The first-order valence-corrected chi connectivity index (χ1v) is 11.2. The number of thiophene rings is 2. The highest BCUT2D eigenvalue weighted by Gasteiger charge is 2.30. The predicted molar refractivity (Wildman–Crippen MR) is 114 cm³/mol. The van der Waals surface area contributed by atoms with E-state index in [1.54, 1.807) is 11.3 Å². The van der Waals surface area contributed by atoms with Gasteiger partial charge in [0.2, 0.25) is 0 Å². The topological polar surface area (TPSA) is 94.5 Å². The molecule has 0 radical (unpaired) electrons. The molecule has 0 aliphatic carbocycles. The maximum atomic E-state index is 11.8. The Morgan fingerprint density at radius 3 is 2.96 bits per heavy atom. The summed E-state index contributed by atoms with van der Waals surface area (Å²) < 4.78 is 5.94. The van der Waals surface area contributed by atoms with E-state index in [0.717, 1.165) is 59.0 Å². The fourth-order valence-corrected chi connectivity index (χ4v) is 6.05. The summed E-state index contributed by atoms with van der Waals surface area (Å²) in [5, 5.41) is 2.93. The summed E-state index contributed by atoms with van der Waals surface area (Å²) in [5.74, 6) is -0.492. The lowest BCUT2D eigenvalue weighted by atomic mass is 10.0. The number of anilines is 1. The van der Waals surface area contributed by atoms with Crippen LogP contribution in [0.1, 0.15) is 40.2 Å². The van der Waals surface area contributed by atoms with E-state index in [0.29, 0.717) is 16.7 Å². The molecule has 1 atom stereocenters. The Hall–Kier alpha value is -2.00. The molecule has 3 aromatic heterocycles. The van der Waals surface area contributed by atoms with Crippen LogP contribution in [0.15, 0.2) is 17.5 Å². The average molecular weight is 415 g/mol. The van der Waals surface area contributed by atoms with Gasteiger partial charge in [-0.3, -0.25) is 9.69 Å². The van der Waals surface area contributed by atoms with Gasteiger partial charge in [0, 0.05) is 42.1 Å². The van der Waals surface area contributed by atoms with Gasteiger partial charge >= 0.3 is 0 Å². The van der Waals surface area contributed by atoms with Crippen LogP contribution in [-0.2, 0) is 17.8 Å². The highest BCUT2D eigenvalue weighted by atomic mass is 32.1. The molecule has 1 saturated heterocycles. The van der Waals surface area contributed by atoms with Crippen LogP contribution in [0.5, 0.6) is 0 Å². The van der Waals surface area contributed by atoms with Gasteiger partial charge in [-0.05, 0) is 36.3 Å². The second kappa shape index (κ2) is 7.11. The number of ether oxygens (including phenoxy) is 1. The molecule has 6 nitrogen and oxygen atoms in total. The third-order valence-corrected chi connectivity index (χ3v) is 7.55. The van der Waals surface area contributed by atoms with Crippen molar-refractivity contribution >= 4 is 44.5 Å². The number of rotatable bonds is 4. The minimum absolute atomic E-state index is 0.306. The second-order valence-corrected chi connectivity index (χ2v) is 9.38. The maximum absolute atomic E-state index is 11.8. The Kier molecular flexibility index (Phi) is 4.59. The van der Waals surface area contributed by atoms with E-state index in [4.69, 9.17) is 21.2 Å². The van der Waals surface area contributed by atoms with Crippen molar-refractivity contribution in [3.63, 3.8) is 0 Å². The van der Waals surface area contributed by atoms with Crippen molar-refractivity contribution in [2.24, 2.45) is 5.73 Å². The van der Waals surface area contributed by atoms with Crippen molar-refractivity contribution in [3.05, 3.63) is 33.6 Å². The zero-order valence-electron chi connectivity index (χ0n) is 15.4. The Morgan fingerprint density at radius 1 is 1.36 bits per heavy atom. The number of nitrogens with zero attached hydrogens (tertiary/aromatic N) is 2. The number of nitrogen functional groups attached to an aromatic ring is 1. The number of fused-ring (bicyclic) bond motifs is 2. The molecule has 5 heterocycles. The van der Waals surface area contributed by atoms with Gasteiger partial charge in [0.25, 0.3) is 5.91 Å². The molecule has 2 aliphatic rings. The molecule has 3 aromatic rings. The molecule has 1 unspecified atom stereocenters. The number of amides is 1. The monoisotopic (exact) mass is 414 g/mol. The molecular weight excluding hydrogens is 392 g/mol. The molecule has 1 amide bonds. The van der Waals surface area contributed by atoms with Gasteiger partial charge in [-0.25, -0.2) is 4.98 Å². The quantitative estimate of drug-likeness (QED) is 0.680. The van der Waals surface area contributed by atoms with Crippen LogP contribution >= 0.6 is 22.7 Å². The van der Waals surface area contributed by atoms with E-state index in [9.17, 15) is 4.79 Å². The fraction of sp³-hybridized carbons (Fsp3) is 0.400. The summed E-state index contributed by atoms with van der Waals surface area (Å²) in [6.45, 7) is 3.42. The van der Waals surface area contributed by atoms with Gasteiger partial charge < -0.3 is 16.2 Å². The minimum Gasteiger partial charge on any atom is -0.397 e. The lowest BCUT2D eigenvalue weighted by molar-refractivity contribution is -0.00655. The van der Waals surface area contributed by atoms with E-state index < -0.39 is 5.91 Å². The summed E-state index contributed by atoms with van der Waals surface area (Å²) in [6, 6.07) is 4.15. The molecule has 0 spiro atoms. The third kappa shape index (κ3) is 3.00. The summed E-state index contributed by atoms with van der Waals surface area (Å²) in [7, 11) is 0. The molecule has 28 heavy (non-hydrogen) atoms. The third-order valence-electron chi connectivity index (χ3n) is 5.55. The molecule has 146 valence electrons. The lowest BCUT2D eigenvalue weighted by Gasteiger charge is -2.26. The van der Waals surface area contributed by atoms with E-state index in [1.165, 1.54) is 29.7 Å². The molecule has 2 aliphatic heterocycles. The first-order chi connectivity index (χ1) is 13.6. The Balaban J connectivity index is 1.59. The van der Waals surface area contributed by atoms with Crippen LogP contribution in [0.4, 0.5) is 5.69 Å². The van der Waals surface area contributed by atoms with Crippen LogP contribution in [0.2, 0.25) is 0 Å². The number of carbonyl (C=O) groups is 1. The van der Waals surface area contributed by atoms with Crippen molar-refractivity contribution in [2.75, 3.05) is 18.9 Å². The molecule has 0 aromatic carbocycles. The standard InChI is InChI=1S/C20H22N4O2S2/c21-17-16-15(14-5-3-7-27-14)12-9-24(8-11-4-1-2-6-26-11)10-13(12)23-20(16)28-18(17)19(22)25/h3,5,7,11H,1-2,4,6,8-10,21H2,(H2,22,25). The Morgan fingerprint density at radius 2 is 2.25 bits per heavy atom. The Bertz CT molecular complexity index is 1040. The van der Waals surface area contributed by atoms with Gasteiger partial charge in [-0.1, -0.05) is 6.07 Å². The van der Waals surface area contributed by atoms with Crippen molar-refractivity contribution in [3.8, 4) is 10.4 Å². The smallest absolute Gasteiger partial charge is 0.260 e. The maximum Gasteiger partial charge on any atom is 0.260 e. The Labute approximate surface area is 171 Å². The molecule has 0 saturated carbocycles. The lowest BCUT2D eigenvalue weighted by Crippen LogP contribution is -2.32. The number of primary amides is 1. The zero-order chi connectivity index (χ0) is 19.3. The van der Waals surface area contributed by atoms with Crippen molar-refractivity contribution in [1.82, 2.24) is 9.88 Å². The van der Waals surface area contributed by atoms with E-state index in [-0.39, 0.29) is 0 Å². The largest absolute Gasteiger partial charge is 0.397 e. The SMILES string of the molecule is NC(=O)c1sc2nc3c(c(-c4cccs4)c2c1N)CN(CC1CCCCO1)C3. The number of hydrogen-bond donors (Lipinski definition) is 2. The summed E-state index contributed by atoms with van der Waals surface area (Å²) in [4.78, 5) is 21.5. The van der Waals surface area contributed by atoms with Crippen molar-refractivity contribution in [1.29, 1.82) is 0 Å². The van der Waals surface area contributed by atoms with E-state index >= 15 is 0 Å². The molecule has 0 bridgehead atoms. The van der Waals surface area contributed by atoms with Crippen LogP contribution in [0.3, 0.4) is 0 Å².